The summed E-state index contributed by atoms with van der Waals surface area (Å²) in [6, 6.07) is 6.73. The molecule has 0 radical (unpaired) electrons. The molecule has 0 aliphatic carbocycles. The number of aromatic nitrogens is 2. The third kappa shape index (κ3) is 3.68. The van der Waals surface area contributed by atoms with Crippen LogP contribution in [0.5, 0.6) is 5.88 Å². The van der Waals surface area contributed by atoms with Crippen molar-refractivity contribution in [3.8, 4) is 5.88 Å². The SMILES string of the molecule is CCOc1cncc(NCc2cccc(C(=O)O)c2)n1. The van der Waals surface area contributed by atoms with E-state index in [0.29, 0.717) is 24.8 Å². The zero-order chi connectivity index (χ0) is 14.4. The molecule has 0 amide bonds. The summed E-state index contributed by atoms with van der Waals surface area (Å²) in [5, 5.41) is 12.0. The van der Waals surface area contributed by atoms with Crippen molar-refractivity contribution in [3.63, 3.8) is 0 Å². The highest BCUT2D eigenvalue weighted by atomic mass is 16.5. The van der Waals surface area contributed by atoms with Crippen LogP contribution in [0, 0.1) is 0 Å². The van der Waals surface area contributed by atoms with Crippen LogP contribution in [0.3, 0.4) is 0 Å². The van der Waals surface area contributed by atoms with Gasteiger partial charge in [-0.1, -0.05) is 12.1 Å². The summed E-state index contributed by atoms with van der Waals surface area (Å²) in [4.78, 5) is 19.1. The number of aromatic carboxylic acids is 1. The van der Waals surface area contributed by atoms with Crippen LogP contribution < -0.4 is 10.1 Å². The topological polar surface area (TPSA) is 84.3 Å². The minimum atomic E-state index is -0.940. The standard InChI is InChI=1S/C14H15N3O3/c1-2-20-13-9-15-8-12(17-13)16-7-10-4-3-5-11(6-10)14(18)19/h3-6,8-9H,2,7H2,1H3,(H,16,17)(H,18,19). The van der Waals surface area contributed by atoms with Crippen LogP contribution in [0.25, 0.3) is 0 Å². The largest absolute Gasteiger partial charge is 0.478 e. The maximum Gasteiger partial charge on any atom is 0.335 e. The molecule has 1 aromatic heterocycles. The van der Waals surface area contributed by atoms with Gasteiger partial charge in [-0.2, -0.15) is 4.98 Å². The molecule has 20 heavy (non-hydrogen) atoms. The van der Waals surface area contributed by atoms with Crippen molar-refractivity contribution in [2.24, 2.45) is 0 Å². The number of carbonyl (C=O) groups is 1. The molecule has 0 unspecified atom stereocenters. The van der Waals surface area contributed by atoms with Crippen LogP contribution in [0.4, 0.5) is 5.82 Å². The molecule has 2 N–H and O–H groups in total. The van der Waals surface area contributed by atoms with Gasteiger partial charge < -0.3 is 15.2 Å². The molecular weight excluding hydrogens is 258 g/mol. The molecular formula is C14H15N3O3. The first kappa shape index (κ1) is 13.8. The summed E-state index contributed by atoms with van der Waals surface area (Å²) in [7, 11) is 0. The summed E-state index contributed by atoms with van der Waals surface area (Å²) in [6.07, 6.45) is 3.13. The molecule has 1 heterocycles. The fourth-order valence-corrected chi connectivity index (χ4v) is 1.66. The Bertz CT molecular complexity index is 602. The van der Waals surface area contributed by atoms with Crippen LogP contribution in [0.2, 0.25) is 0 Å². The van der Waals surface area contributed by atoms with E-state index >= 15 is 0 Å². The molecule has 0 aliphatic heterocycles. The highest BCUT2D eigenvalue weighted by molar-refractivity contribution is 5.87. The third-order valence-corrected chi connectivity index (χ3v) is 2.55. The van der Waals surface area contributed by atoms with Crippen LogP contribution in [0.15, 0.2) is 36.7 Å². The highest BCUT2D eigenvalue weighted by Crippen LogP contribution is 2.11. The minimum Gasteiger partial charge on any atom is -0.478 e. The number of carboxylic acids is 1. The summed E-state index contributed by atoms with van der Waals surface area (Å²) in [5.74, 6) is 0.0958. The first-order valence-corrected chi connectivity index (χ1v) is 6.20. The van der Waals surface area contributed by atoms with Crippen molar-refractivity contribution in [2.45, 2.75) is 13.5 Å². The average molecular weight is 273 g/mol. The lowest BCUT2D eigenvalue weighted by Crippen LogP contribution is -2.05. The lowest BCUT2D eigenvalue weighted by atomic mass is 10.1. The quantitative estimate of drug-likeness (QED) is 0.839. The normalized spacial score (nSPS) is 10.1. The van der Waals surface area contributed by atoms with Gasteiger partial charge in [0, 0.05) is 6.54 Å². The number of nitrogens with one attached hydrogen (secondary N) is 1. The van der Waals surface area contributed by atoms with E-state index in [9.17, 15) is 4.79 Å². The van der Waals surface area contributed by atoms with Gasteiger partial charge in [0.15, 0.2) is 0 Å². The van der Waals surface area contributed by atoms with E-state index in [4.69, 9.17) is 9.84 Å². The molecule has 0 saturated heterocycles. The van der Waals surface area contributed by atoms with Crippen LogP contribution >= 0.6 is 0 Å². The number of benzene rings is 1. The fourth-order valence-electron chi connectivity index (χ4n) is 1.66. The average Bonchev–Trinajstić information content (AvgIpc) is 2.46. The molecule has 0 atom stereocenters. The van der Waals surface area contributed by atoms with E-state index in [1.165, 1.54) is 0 Å². The monoisotopic (exact) mass is 273 g/mol. The highest BCUT2D eigenvalue weighted by Gasteiger charge is 2.04. The number of rotatable bonds is 6. The van der Waals surface area contributed by atoms with E-state index in [2.05, 4.69) is 15.3 Å². The molecule has 0 bridgehead atoms. The Morgan fingerprint density at radius 2 is 2.25 bits per heavy atom. The second kappa shape index (κ2) is 6.51. The van der Waals surface area contributed by atoms with Gasteiger partial charge in [0.2, 0.25) is 5.88 Å². The summed E-state index contributed by atoms with van der Waals surface area (Å²) in [6.45, 7) is 2.86. The molecule has 2 rings (SSSR count). The number of hydrogen-bond acceptors (Lipinski definition) is 5. The first-order valence-electron chi connectivity index (χ1n) is 6.20. The predicted molar refractivity (Wildman–Crippen MR) is 73.9 cm³/mol. The van der Waals surface area contributed by atoms with E-state index in [1.54, 1.807) is 30.6 Å². The van der Waals surface area contributed by atoms with E-state index < -0.39 is 5.97 Å². The molecule has 0 saturated carbocycles. The summed E-state index contributed by atoms with van der Waals surface area (Å²) >= 11 is 0. The number of carboxylic acid groups (broad SMARTS) is 1. The Morgan fingerprint density at radius 3 is 3.00 bits per heavy atom. The second-order valence-corrected chi connectivity index (χ2v) is 4.03. The maximum atomic E-state index is 10.9. The third-order valence-electron chi connectivity index (χ3n) is 2.55. The molecule has 2 aromatic rings. The van der Waals surface area contributed by atoms with Gasteiger partial charge in [0.1, 0.15) is 5.82 Å². The second-order valence-electron chi connectivity index (χ2n) is 4.03. The van der Waals surface area contributed by atoms with Crippen LogP contribution in [-0.2, 0) is 6.54 Å². The molecule has 0 spiro atoms. The molecule has 6 heteroatoms. The van der Waals surface area contributed by atoms with Crippen LogP contribution in [-0.4, -0.2) is 27.7 Å². The van der Waals surface area contributed by atoms with Gasteiger partial charge in [0.25, 0.3) is 0 Å². The van der Waals surface area contributed by atoms with Gasteiger partial charge >= 0.3 is 5.97 Å². The van der Waals surface area contributed by atoms with E-state index in [0.717, 1.165) is 5.56 Å². The Kier molecular flexibility index (Phi) is 4.49. The van der Waals surface area contributed by atoms with Crippen LogP contribution in [0.1, 0.15) is 22.8 Å². The zero-order valence-electron chi connectivity index (χ0n) is 11.0. The number of anilines is 1. The van der Waals surface area contributed by atoms with Crippen molar-refractivity contribution in [2.75, 3.05) is 11.9 Å². The van der Waals surface area contributed by atoms with Gasteiger partial charge in [-0.15, -0.1) is 0 Å². The van der Waals surface area contributed by atoms with E-state index in [1.807, 2.05) is 13.0 Å². The molecule has 0 fully saturated rings. The number of nitrogens with zero attached hydrogens (tertiary/aromatic N) is 2. The summed E-state index contributed by atoms with van der Waals surface area (Å²) in [5.41, 5.74) is 1.12. The molecule has 6 nitrogen and oxygen atoms in total. The Balaban J connectivity index is 2.03. The number of ether oxygens (including phenoxy) is 1. The molecule has 104 valence electrons. The first-order chi connectivity index (χ1) is 9.69. The lowest BCUT2D eigenvalue weighted by Gasteiger charge is -2.07. The van der Waals surface area contributed by atoms with Gasteiger partial charge in [-0.05, 0) is 24.6 Å². The minimum absolute atomic E-state index is 0.262. The summed E-state index contributed by atoms with van der Waals surface area (Å²) < 4.78 is 5.26. The smallest absolute Gasteiger partial charge is 0.335 e. The fraction of sp³-hybridized carbons (Fsp3) is 0.214. The maximum absolute atomic E-state index is 10.9. The van der Waals surface area contributed by atoms with Crippen molar-refractivity contribution in [3.05, 3.63) is 47.8 Å². The predicted octanol–water partition coefficient (Wildman–Crippen LogP) is 2.19. The lowest BCUT2D eigenvalue weighted by molar-refractivity contribution is 0.0697. The van der Waals surface area contributed by atoms with Gasteiger partial charge in [0.05, 0.1) is 24.6 Å². The Morgan fingerprint density at radius 1 is 1.40 bits per heavy atom. The van der Waals surface area contributed by atoms with Gasteiger partial charge in [-0.25, -0.2) is 4.79 Å². The number of hydrogen-bond donors (Lipinski definition) is 2. The molecule has 1 aromatic carbocycles. The van der Waals surface area contributed by atoms with E-state index in [-0.39, 0.29) is 5.56 Å². The van der Waals surface area contributed by atoms with Crippen molar-refractivity contribution in [1.29, 1.82) is 0 Å². The molecule has 0 aliphatic rings. The van der Waals surface area contributed by atoms with Crippen molar-refractivity contribution < 1.29 is 14.6 Å². The van der Waals surface area contributed by atoms with Crippen molar-refractivity contribution in [1.82, 2.24) is 9.97 Å². The Hall–Kier alpha value is -2.63. The van der Waals surface area contributed by atoms with Crippen molar-refractivity contribution >= 4 is 11.8 Å². The zero-order valence-corrected chi connectivity index (χ0v) is 11.0. The Labute approximate surface area is 116 Å². The van der Waals surface area contributed by atoms with Gasteiger partial charge in [-0.3, -0.25) is 4.98 Å².